The zero-order valence-electron chi connectivity index (χ0n) is 13.9. The van der Waals surface area contributed by atoms with E-state index in [9.17, 15) is 24.4 Å². The minimum absolute atomic E-state index is 0.00586. The summed E-state index contributed by atoms with van der Waals surface area (Å²) in [6.45, 7) is 0.812. The molecule has 0 spiro atoms. The van der Waals surface area contributed by atoms with Gasteiger partial charge < -0.3 is 15.3 Å². The Morgan fingerprint density at radius 3 is 2.58 bits per heavy atom. The molecule has 2 aromatic rings. The lowest BCUT2D eigenvalue weighted by molar-refractivity contribution is -0.384. The SMILES string of the molecule is O=C(Nc1ccccc1O)C1CCN(c2cc(F)ccc2[N+](=O)[O-])CC1. The van der Waals surface area contributed by atoms with Crippen LogP contribution in [0.4, 0.5) is 21.5 Å². The van der Waals surface area contributed by atoms with Crippen LogP contribution in [0.3, 0.4) is 0 Å². The minimum Gasteiger partial charge on any atom is -0.506 e. The second-order valence-electron chi connectivity index (χ2n) is 6.16. The van der Waals surface area contributed by atoms with Gasteiger partial charge >= 0.3 is 0 Å². The van der Waals surface area contributed by atoms with Crippen molar-refractivity contribution in [1.29, 1.82) is 0 Å². The van der Waals surface area contributed by atoms with Gasteiger partial charge in [0.15, 0.2) is 0 Å². The van der Waals surface area contributed by atoms with Crippen LogP contribution < -0.4 is 10.2 Å². The van der Waals surface area contributed by atoms with Gasteiger partial charge in [-0.2, -0.15) is 0 Å². The van der Waals surface area contributed by atoms with Crippen LogP contribution in [0, 0.1) is 21.8 Å². The molecule has 8 heteroatoms. The highest BCUT2D eigenvalue weighted by Gasteiger charge is 2.28. The molecule has 1 saturated heterocycles. The normalized spacial score (nSPS) is 14.9. The first-order valence-corrected chi connectivity index (χ1v) is 8.23. The Morgan fingerprint density at radius 1 is 1.23 bits per heavy atom. The number of carbonyl (C=O) groups excluding carboxylic acids is 1. The maximum Gasteiger partial charge on any atom is 0.292 e. The van der Waals surface area contributed by atoms with E-state index in [1.54, 1.807) is 23.1 Å². The summed E-state index contributed by atoms with van der Waals surface area (Å²) in [6, 6.07) is 9.84. The maximum absolute atomic E-state index is 13.5. The molecule has 26 heavy (non-hydrogen) atoms. The molecule has 1 heterocycles. The van der Waals surface area contributed by atoms with Crippen LogP contribution in [0.2, 0.25) is 0 Å². The molecule has 0 aromatic heterocycles. The van der Waals surface area contributed by atoms with Crippen LogP contribution in [0.1, 0.15) is 12.8 Å². The van der Waals surface area contributed by atoms with Gasteiger partial charge in [0.25, 0.3) is 5.69 Å². The molecule has 0 saturated carbocycles. The third kappa shape index (κ3) is 3.74. The summed E-state index contributed by atoms with van der Waals surface area (Å²) in [6.07, 6.45) is 0.959. The summed E-state index contributed by atoms with van der Waals surface area (Å²) in [5.41, 5.74) is 0.429. The molecule has 0 aliphatic carbocycles. The number of hydrogen-bond donors (Lipinski definition) is 2. The van der Waals surface area contributed by atoms with Gasteiger partial charge in [-0.05, 0) is 31.0 Å². The first kappa shape index (κ1) is 17.7. The van der Waals surface area contributed by atoms with Crippen LogP contribution in [-0.2, 0) is 4.79 Å². The van der Waals surface area contributed by atoms with Crippen molar-refractivity contribution in [1.82, 2.24) is 0 Å². The number of hydrogen-bond acceptors (Lipinski definition) is 5. The number of piperidine rings is 1. The number of nitro benzene ring substituents is 1. The van der Waals surface area contributed by atoms with Crippen molar-refractivity contribution in [3.63, 3.8) is 0 Å². The number of para-hydroxylation sites is 2. The molecule has 1 aliphatic rings. The number of rotatable bonds is 4. The van der Waals surface area contributed by atoms with E-state index < -0.39 is 10.7 Å². The quantitative estimate of drug-likeness (QED) is 0.496. The average Bonchev–Trinajstić information content (AvgIpc) is 2.63. The zero-order chi connectivity index (χ0) is 18.7. The zero-order valence-corrected chi connectivity index (χ0v) is 13.9. The largest absolute Gasteiger partial charge is 0.506 e. The number of aromatic hydroxyl groups is 1. The van der Waals surface area contributed by atoms with E-state index in [0.717, 1.165) is 18.2 Å². The van der Waals surface area contributed by atoms with Gasteiger partial charge in [0.1, 0.15) is 17.3 Å². The summed E-state index contributed by atoms with van der Waals surface area (Å²) in [7, 11) is 0. The van der Waals surface area contributed by atoms with Crippen molar-refractivity contribution in [2.45, 2.75) is 12.8 Å². The van der Waals surface area contributed by atoms with E-state index in [0.29, 0.717) is 31.6 Å². The predicted octanol–water partition coefficient (Wildman–Crippen LogP) is 3.29. The molecular formula is C18H18FN3O4. The molecule has 1 fully saturated rings. The van der Waals surface area contributed by atoms with Crippen LogP contribution in [0.15, 0.2) is 42.5 Å². The lowest BCUT2D eigenvalue weighted by atomic mass is 9.95. The lowest BCUT2D eigenvalue weighted by Crippen LogP contribution is -2.38. The number of amides is 1. The Labute approximate surface area is 149 Å². The van der Waals surface area contributed by atoms with Crippen molar-refractivity contribution in [2.24, 2.45) is 5.92 Å². The van der Waals surface area contributed by atoms with E-state index in [1.807, 2.05) is 0 Å². The maximum atomic E-state index is 13.5. The summed E-state index contributed by atoms with van der Waals surface area (Å²) in [5.74, 6) is -1.03. The van der Waals surface area contributed by atoms with Crippen molar-refractivity contribution in [2.75, 3.05) is 23.3 Å². The summed E-state index contributed by atoms with van der Waals surface area (Å²) >= 11 is 0. The molecule has 7 nitrogen and oxygen atoms in total. The van der Waals surface area contributed by atoms with Crippen molar-refractivity contribution in [3.8, 4) is 5.75 Å². The summed E-state index contributed by atoms with van der Waals surface area (Å²) < 4.78 is 13.5. The Kier molecular flexibility index (Phi) is 5.01. The number of anilines is 2. The lowest BCUT2D eigenvalue weighted by Gasteiger charge is -2.32. The van der Waals surface area contributed by atoms with Crippen molar-refractivity contribution < 1.29 is 19.2 Å². The fourth-order valence-electron chi connectivity index (χ4n) is 3.10. The van der Waals surface area contributed by atoms with Crippen LogP contribution in [0.5, 0.6) is 5.75 Å². The van der Waals surface area contributed by atoms with E-state index in [-0.39, 0.29) is 28.9 Å². The summed E-state index contributed by atoms with van der Waals surface area (Å²) in [4.78, 5) is 24.7. The van der Waals surface area contributed by atoms with Crippen LogP contribution >= 0.6 is 0 Å². The molecule has 1 amide bonds. The highest BCUT2D eigenvalue weighted by atomic mass is 19.1. The van der Waals surface area contributed by atoms with Gasteiger partial charge in [0.05, 0.1) is 10.6 Å². The van der Waals surface area contributed by atoms with E-state index in [1.165, 1.54) is 6.07 Å². The van der Waals surface area contributed by atoms with E-state index in [2.05, 4.69) is 5.32 Å². The summed E-state index contributed by atoms with van der Waals surface area (Å²) in [5, 5.41) is 23.6. The van der Waals surface area contributed by atoms with Gasteiger partial charge in [-0.15, -0.1) is 0 Å². The van der Waals surface area contributed by atoms with Crippen LogP contribution in [0.25, 0.3) is 0 Å². The minimum atomic E-state index is -0.537. The third-order valence-corrected chi connectivity index (χ3v) is 4.50. The van der Waals surface area contributed by atoms with E-state index in [4.69, 9.17) is 0 Å². The van der Waals surface area contributed by atoms with Gasteiger partial charge in [0.2, 0.25) is 5.91 Å². The van der Waals surface area contributed by atoms with Gasteiger partial charge in [-0.25, -0.2) is 4.39 Å². The molecule has 0 bridgehead atoms. The predicted molar refractivity (Wildman–Crippen MR) is 94.7 cm³/mol. The fraction of sp³-hybridized carbons (Fsp3) is 0.278. The monoisotopic (exact) mass is 359 g/mol. The molecule has 2 N–H and O–H groups in total. The Hall–Kier alpha value is -3.16. The second-order valence-corrected chi connectivity index (χ2v) is 6.16. The molecule has 0 atom stereocenters. The smallest absolute Gasteiger partial charge is 0.292 e. The third-order valence-electron chi connectivity index (χ3n) is 4.50. The standard InChI is InChI=1S/C18H18FN3O4/c19-13-5-6-15(22(25)26)16(11-13)21-9-7-12(8-10-21)18(24)20-14-3-1-2-4-17(14)23/h1-6,11-12,23H,7-10H2,(H,20,24). The first-order valence-electron chi connectivity index (χ1n) is 8.23. The van der Waals surface area contributed by atoms with E-state index >= 15 is 0 Å². The number of halogens is 1. The molecule has 1 aliphatic heterocycles. The van der Waals surface area contributed by atoms with Gasteiger partial charge in [-0.3, -0.25) is 14.9 Å². The van der Waals surface area contributed by atoms with Gasteiger partial charge in [0, 0.05) is 31.1 Å². The molecule has 3 rings (SSSR count). The average molecular weight is 359 g/mol. The number of benzene rings is 2. The second kappa shape index (κ2) is 7.38. The number of nitrogens with one attached hydrogen (secondary N) is 1. The Balaban J connectivity index is 1.66. The van der Waals surface area contributed by atoms with Crippen molar-refractivity contribution >= 4 is 23.0 Å². The van der Waals surface area contributed by atoms with Gasteiger partial charge in [-0.1, -0.05) is 12.1 Å². The number of carbonyl (C=O) groups is 1. The highest BCUT2D eigenvalue weighted by Crippen LogP contribution is 2.32. The highest BCUT2D eigenvalue weighted by molar-refractivity contribution is 5.94. The number of nitro groups is 1. The molecule has 136 valence electrons. The molecule has 0 unspecified atom stereocenters. The first-order chi connectivity index (χ1) is 12.5. The number of phenols is 1. The molecule has 0 radical (unpaired) electrons. The molecular weight excluding hydrogens is 341 g/mol. The fourth-order valence-corrected chi connectivity index (χ4v) is 3.10. The van der Waals surface area contributed by atoms with Crippen LogP contribution in [-0.4, -0.2) is 29.0 Å². The Bertz CT molecular complexity index is 835. The number of phenolic OH excluding ortho intramolecular Hbond substituents is 1. The molecule has 2 aromatic carbocycles. The van der Waals surface area contributed by atoms with Crippen molar-refractivity contribution in [3.05, 3.63) is 58.4 Å². The Morgan fingerprint density at radius 2 is 1.92 bits per heavy atom. The number of nitrogens with zero attached hydrogens (tertiary/aromatic N) is 2. The topological polar surface area (TPSA) is 95.7 Å².